The Morgan fingerprint density at radius 2 is 1.74 bits per heavy atom. The number of hydrogen-bond donors (Lipinski definition) is 1. The third-order valence-corrected chi connectivity index (χ3v) is 4.91. The van der Waals surface area contributed by atoms with Crippen LogP contribution < -0.4 is 5.32 Å². The van der Waals surface area contributed by atoms with Gasteiger partial charge in [-0.25, -0.2) is 13.2 Å². The number of benzene rings is 2. The Bertz CT molecular complexity index is 975. The van der Waals surface area contributed by atoms with E-state index >= 15 is 0 Å². The lowest BCUT2D eigenvalue weighted by atomic mass is 10.2. The molecule has 0 bridgehead atoms. The molecule has 27 heavy (non-hydrogen) atoms. The number of aromatic nitrogens is 3. The molecule has 1 N–H and O–H groups in total. The van der Waals surface area contributed by atoms with Crippen LogP contribution in [0.4, 0.5) is 18.9 Å². The first-order valence-corrected chi connectivity index (χ1v) is 8.81. The van der Waals surface area contributed by atoms with Crippen molar-refractivity contribution >= 4 is 23.4 Å². The Hall–Kier alpha value is -2.81. The number of carbonyl (C=O) groups excluding carboxylic acids is 1. The van der Waals surface area contributed by atoms with Crippen molar-refractivity contribution in [2.75, 3.05) is 5.32 Å². The summed E-state index contributed by atoms with van der Waals surface area (Å²) in [4.78, 5) is 12.3. The standard InChI is InChI=1S/C18H15F3N4OS/c1-10(17(26)22-15-8-7-13(20)9-14(15)21)27-18-24-23-16(25(18)2)11-3-5-12(19)6-4-11/h3-10H,1-2H3,(H,22,26)/t10-/m0/s1. The Kier molecular flexibility index (Phi) is 5.50. The van der Waals surface area contributed by atoms with Gasteiger partial charge in [0.15, 0.2) is 11.0 Å². The van der Waals surface area contributed by atoms with Crippen molar-refractivity contribution in [2.24, 2.45) is 7.05 Å². The Morgan fingerprint density at radius 3 is 2.41 bits per heavy atom. The molecule has 9 heteroatoms. The van der Waals surface area contributed by atoms with E-state index in [2.05, 4.69) is 15.5 Å². The average molecular weight is 392 g/mol. The van der Waals surface area contributed by atoms with Gasteiger partial charge < -0.3 is 9.88 Å². The number of amides is 1. The number of rotatable bonds is 5. The van der Waals surface area contributed by atoms with E-state index in [9.17, 15) is 18.0 Å². The maximum Gasteiger partial charge on any atom is 0.237 e. The third kappa shape index (κ3) is 4.30. The van der Waals surface area contributed by atoms with Gasteiger partial charge in [0.05, 0.1) is 10.9 Å². The minimum absolute atomic E-state index is 0.0983. The summed E-state index contributed by atoms with van der Waals surface area (Å²) in [5.74, 6) is -1.86. The number of thioether (sulfide) groups is 1. The van der Waals surface area contributed by atoms with Gasteiger partial charge >= 0.3 is 0 Å². The molecule has 0 aliphatic rings. The van der Waals surface area contributed by atoms with E-state index in [1.165, 1.54) is 12.1 Å². The maximum absolute atomic E-state index is 13.7. The SMILES string of the molecule is C[C@H](Sc1nnc(-c2ccc(F)cc2)n1C)C(=O)Nc1ccc(F)cc1F. The van der Waals surface area contributed by atoms with Crippen LogP contribution in [0.5, 0.6) is 0 Å². The van der Waals surface area contributed by atoms with Crippen LogP contribution in [0.2, 0.25) is 0 Å². The molecule has 0 unspecified atom stereocenters. The molecule has 0 saturated heterocycles. The van der Waals surface area contributed by atoms with Crippen molar-refractivity contribution < 1.29 is 18.0 Å². The normalized spacial score (nSPS) is 12.0. The minimum Gasteiger partial charge on any atom is -0.323 e. The molecule has 0 saturated carbocycles. The van der Waals surface area contributed by atoms with E-state index in [0.29, 0.717) is 22.6 Å². The number of hydrogen-bond acceptors (Lipinski definition) is 4. The highest BCUT2D eigenvalue weighted by Gasteiger charge is 2.20. The van der Waals surface area contributed by atoms with E-state index < -0.39 is 22.8 Å². The molecule has 2 aromatic carbocycles. The fourth-order valence-electron chi connectivity index (χ4n) is 2.30. The van der Waals surface area contributed by atoms with Crippen molar-refractivity contribution in [3.8, 4) is 11.4 Å². The smallest absolute Gasteiger partial charge is 0.237 e. The minimum atomic E-state index is -0.849. The van der Waals surface area contributed by atoms with Crippen LogP contribution >= 0.6 is 11.8 Å². The second kappa shape index (κ2) is 7.83. The van der Waals surface area contributed by atoms with Gasteiger partial charge in [0.25, 0.3) is 0 Å². The summed E-state index contributed by atoms with van der Waals surface area (Å²) in [6.07, 6.45) is 0. The molecule has 0 aliphatic heterocycles. The van der Waals surface area contributed by atoms with E-state index in [1.54, 1.807) is 30.7 Å². The summed E-state index contributed by atoms with van der Waals surface area (Å²) >= 11 is 1.13. The molecule has 0 radical (unpaired) electrons. The first kappa shape index (κ1) is 19.0. The quantitative estimate of drug-likeness (QED) is 0.667. The van der Waals surface area contributed by atoms with E-state index in [0.717, 1.165) is 23.9 Å². The van der Waals surface area contributed by atoms with Crippen LogP contribution in [-0.2, 0) is 11.8 Å². The lowest BCUT2D eigenvalue weighted by Crippen LogP contribution is -2.23. The molecular formula is C18H15F3N4OS. The largest absolute Gasteiger partial charge is 0.323 e. The van der Waals surface area contributed by atoms with E-state index in [1.807, 2.05) is 0 Å². The zero-order valence-electron chi connectivity index (χ0n) is 14.4. The summed E-state index contributed by atoms with van der Waals surface area (Å²) < 4.78 is 41.4. The Labute approximate surface area is 157 Å². The monoisotopic (exact) mass is 392 g/mol. The highest BCUT2D eigenvalue weighted by Crippen LogP contribution is 2.26. The van der Waals surface area contributed by atoms with E-state index in [4.69, 9.17) is 0 Å². The summed E-state index contributed by atoms with van der Waals surface area (Å²) in [7, 11) is 1.73. The zero-order valence-corrected chi connectivity index (χ0v) is 15.2. The molecular weight excluding hydrogens is 377 g/mol. The van der Waals surface area contributed by atoms with E-state index in [-0.39, 0.29) is 11.5 Å². The van der Waals surface area contributed by atoms with Crippen molar-refractivity contribution in [3.63, 3.8) is 0 Å². The summed E-state index contributed by atoms with van der Waals surface area (Å²) in [5.41, 5.74) is 0.586. The number of halogens is 3. The number of anilines is 1. The predicted octanol–water partition coefficient (Wildman–Crippen LogP) is 4.02. The van der Waals surface area contributed by atoms with Crippen LogP contribution in [-0.4, -0.2) is 25.9 Å². The van der Waals surface area contributed by atoms with Gasteiger partial charge in [-0.1, -0.05) is 11.8 Å². The molecule has 3 aromatic rings. The molecule has 0 fully saturated rings. The molecule has 1 aromatic heterocycles. The number of carbonyl (C=O) groups is 1. The van der Waals surface area contributed by atoms with Crippen molar-refractivity contribution in [2.45, 2.75) is 17.3 Å². The third-order valence-electron chi connectivity index (χ3n) is 3.78. The molecule has 0 aliphatic carbocycles. The first-order chi connectivity index (χ1) is 12.8. The lowest BCUT2D eigenvalue weighted by molar-refractivity contribution is -0.115. The lowest BCUT2D eigenvalue weighted by Gasteiger charge is -2.12. The summed E-state index contributed by atoms with van der Waals surface area (Å²) in [6, 6.07) is 8.74. The van der Waals surface area contributed by atoms with Crippen LogP contribution in [0.15, 0.2) is 47.6 Å². The van der Waals surface area contributed by atoms with Crippen LogP contribution in [0.3, 0.4) is 0 Å². The highest BCUT2D eigenvalue weighted by molar-refractivity contribution is 8.00. The fraction of sp³-hybridized carbons (Fsp3) is 0.167. The number of nitrogens with one attached hydrogen (secondary N) is 1. The van der Waals surface area contributed by atoms with Crippen LogP contribution in [0.25, 0.3) is 11.4 Å². The highest BCUT2D eigenvalue weighted by atomic mass is 32.2. The molecule has 0 spiro atoms. The molecule has 5 nitrogen and oxygen atoms in total. The zero-order chi connectivity index (χ0) is 19.6. The van der Waals surface area contributed by atoms with Gasteiger partial charge in [-0.15, -0.1) is 10.2 Å². The second-order valence-electron chi connectivity index (χ2n) is 5.75. The maximum atomic E-state index is 13.7. The predicted molar refractivity (Wildman–Crippen MR) is 96.7 cm³/mol. The molecule has 140 valence electrons. The van der Waals surface area contributed by atoms with Gasteiger partial charge in [0, 0.05) is 18.7 Å². The first-order valence-electron chi connectivity index (χ1n) is 7.93. The van der Waals surface area contributed by atoms with Crippen LogP contribution in [0, 0.1) is 17.5 Å². The Balaban J connectivity index is 1.71. The Morgan fingerprint density at radius 1 is 1.07 bits per heavy atom. The van der Waals surface area contributed by atoms with Gasteiger partial charge in [-0.3, -0.25) is 4.79 Å². The van der Waals surface area contributed by atoms with Gasteiger partial charge in [0.2, 0.25) is 5.91 Å². The summed E-state index contributed by atoms with van der Waals surface area (Å²) in [6.45, 7) is 1.63. The molecule has 1 amide bonds. The van der Waals surface area contributed by atoms with Crippen molar-refractivity contribution in [3.05, 3.63) is 59.9 Å². The molecule has 1 heterocycles. The molecule has 1 atom stereocenters. The molecule has 3 rings (SSSR count). The van der Waals surface area contributed by atoms with Crippen molar-refractivity contribution in [1.29, 1.82) is 0 Å². The average Bonchev–Trinajstić information content (AvgIpc) is 2.98. The topological polar surface area (TPSA) is 59.8 Å². The van der Waals surface area contributed by atoms with Gasteiger partial charge in [-0.05, 0) is 43.3 Å². The number of nitrogens with zero attached hydrogens (tertiary/aromatic N) is 3. The fourth-order valence-corrected chi connectivity index (χ4v) is 3.12. The van der Waals surface area contributed by atoms with Gasteiger partial charge in [-0.2, -0.15) is 0 Å². The second-order valence-corrected chi connectivity index (χ2v) is 7.05. The van der Waals surface area contributed by atoms with Gasteiger partial charge in [0.1, 0.15) is 17.5 Å². The summed E-state index contributed by atoms with van der Waals surface area (Å²) in [5, 5.41) is 10.4. The van der Waals surface area contributed by atoms with Crippen molar-refractivity contribution in [1.82, 2.24) is 14.8 Å². The van der Waals surface area contributed by atoms with Crippen LogP contribution in [0.1, 0.15) is 6.92 Å².